The Hall–Kier alpha value is -0.960. The maximum atomic E-state index is 12.6. The zero-order chi connectivity index (χ0) is 18.0. The standard InChI is InChI=1S/C16H23BrN2O4S/c1-19(2)16(8-4-5-9-16)11-18-24(21,22)12-6-7-14(17)13(10-12)15(20)23-3/h6-7,10,18H,4-5,8-9,11H2,1-3H3. The summed E-state index contributed by atoms with van der Waals surface area (Å²) in [6.07, 6.45) is 4.14. The Balaban J connectivity index is 2.23. The second-order valence-corrected chi connectivity index (χ2v) is 8.90. The SMILES string of the molecule is COC(=O)c1cc(S(=O)(=O)NCC2(N(C)C)CCCC2)ccc1Br. The van der Waals surface area contributed by atoms with Gasteiger partial charge in [0.1, 0.15) is 0 Å². The van der Waals surface area contributed by atoms with Crippen LogP contribution in [0.5, 0.6) is 0 Å². The Morgan fingerprint density at radius 1 is 1.33 bits per heavy atom. The van der Waals surface area contributed by atoms with Crippen LogP contribution >= 0.6 is 15.9 Å². The van der Waals surface area contributed by atoms with Crippen molar-refractivity contribution in [2.24, 2.45) is 0 Å². The van der Waals surface area contributed by atoms with Crippen LogP contribution in [0.1, 0.15) is 36.0 Å². The van der Waals surface area contributed by atoms with Crippen molar-refractivity contribution in [1.29, 1.82) is 0 Å². The van der Waals surface area contributed by atoms with Gasteiger partial charge < -0.3 is 9.64 Å². The molecule has 0 saturated heterocycles. The summed E-state index contributed by atoms with van der Waals surface area (Å²) in [4.78, 5) is 13.9. The van der Waals surface area contributed by atoms with Gasteiger partial charge in [-0.1, -0.05) is 12.8 Å². The van der Waals surface area contributed by atoms with Crippen LogP contribution in [0.2, 0.25) is 0 Å². The van der Waals surface area contributed by atoms with Crippen molar-refractivity contribution in [3.05, 3.63) is 28.2 Å². The summed E-state index contributed by atoms with van der Waals surface area (Å²) in [5.74, 6) is -0.584. The van der Waals surface area contributed by atoms with E-state index in [0.717, 1.165) is 25.7 Å². The molecule has 0 amide bonds. The van der Waals surface area contributed by atoms with Gasteiger partial charge in [-0.25, -0.2) is 17.9 Å². The van der Waals surface area contributed by atoms with Gasteiger partial charge in [0.15, 0.2) is 0 Å². The van der Waals surface area contributed by atoms with Crippen molar-refractivity contribution in [3.8, 4) is 0 Å². The van der Waals surface area contributed by atoms with Crippen molar-refractivity contribution in [1.82, 2.24) is 9.62 Å². The first-order valence-corrected chi connectivity index (χ1v) is 10.0. The minimum absolute atomic E-state index is 0.0537. The Morgan fingerprint density at radius 2 is 1.96 bits per heavy atom. The van der Waals surface area contributed by atoms with Crippen LogP contribution in [-0.2, 0) is 14.8 Å². The van der Waals surface area contributed by atoms with Crippen LogP contribution in [0.3, 0.4) is 0 Å². The summed E-state index contributed by atoms with van der Waals surface area (Å²) in [7, 11) is 1.51. The molecule has 1 aliphatic carbocycles. The van der Waals surface area contributed by atoms with E-state index in [-0.39, 0.29) is 16.0 Å². The fraction of sp³-hybridized carbons (Fsp3) is 0.562. The third-order valence-corrected chi connectivity index (χ3v) is 6.82. The Kier molecular flexibility index (Phi) is 6.06. The number of carbonyl (C=O) groups is 1. The normalized spacial score (nSPS) is 17.2. The van der Waals surface area contributed by atoms with Crippen molar-refractivity contribution < 1.29 is 17.9 Å². The number of esters is 1. The molecule has 1 aliphatic rings. The summed E-state index contributed by atoms with van der Waals surface area (Å²) in [6, 6.07) is 4.34. The molecule has 1 fully saturated rings. The molecule has 1 N–H and O–H groups in total. The number of hydrogen-bond donors (Lipinski definition) is 1. The molecule has 134 valence electrons. The fourth-order valence-electron chi connectivity index (χ4n) is 3.07. The lowest BCUT2D eigenvalue weighted by atomic mass is 9.97. The zero-order valence-corrected chi connectivity index (χ0v) is 16.5. The molecule has 0 heterocycles. The van der Waals surface area contributed by atoms with E-state index in [9.17, 15) is 13.2 Å². The minimum atomic E-state index is -3.71. The Bertz CT molecular complexity index is 713. The third kappa shape index (κ3) is 3.99. The summed E-state index contributed by atoms with van der Waals surface area (Å²) in [5, 5.41) is 0. The Labute approximate surface area is 151 Å². The van der Waals surface area contributed by atoms with Crippen molar-refractivity contribution in [3.63, 3.8) is 0 Å². The molecule has 6 nitrogen and oxygen atoms in total. The van der Waals surface area contributed by atoms with E-state index in [1.807, 2.05) is 14.1 Å². The van der Waals surface area contributed by atoms with Crippen molar-refractivity contribution in [2.75, 3.05) is 27.7 Å². The van der Waals surface area contributed by atoms with E-state index in [4.69, 9.17) is 0 Å². The average Bonchev–Trinajstić information content (AvgIpc) is 3.03. The van der Waals surface area contributed by atoms with Crippen molar-refractivity contribution >= 4 is 31.9 Å². The second-order valence-electron chi connectivity index (χ2n) is 6.28. The molecule has 0 bridgehead atoms. The van der Waals surface area contributed by atoms with Crippen LogP contribution in [0, 0.1) is 0 Å². The summed E-state index contributed by atoms with van der Waals surface area (Å²) in [6.45, 7) is 0.353. The van der Waals surface area contributed by atoms with Gasteiger partial charge in [-0.3, -0.25) is 0 Å². The van der Waals surface area contributed by atoms with Gasteiger partial charge in [-0.05, 0) is 61.1 Å². The average molecular weight is 419 g/mol. The van der Waals surface area contributed by atoms with Crippen LogP contribution in [0.4, 0.5) is 0 Å². The number of likely N-dealkylation sites (N-methyl/N-ethyl adjacent to an activating group) is 1. The number of ether oxygens (including phenoxy) is 1. The number of nitrogens with zero attached hydrogens (tertiary/aromatic N) is 1. The van der Waals surface area contributed by atoms with Crippen LogP contribution in [0.15, 0.2) is 27.6 Å². The highest BCUT2D eigenvalue weighted by molar-refractivity contribution is 9.10. The molecule has 0 unspecified atom stereocenters. The van der Waals surface area contributed by atoms with Crippen molar-refractivity contribution in [2.45, 2.75) is 36.1 Å². The van der Waals surface area contributed by atoms with Crippen LogP contribution in [0.25, 0.3) is 0 Å². The predicted octanol–water partition coefficient (Wildman–Crippen LogP) is 2.39. The molecule has 24 heavy (non-hydrogen) atoms. The largest absolute Gasteiger partial charge is 0.465 e. The zero-order valence-electron chi connectivity index (χ0n) is 14.1. The second kappa shape index (κ2) is 7.51. The first-order chi connectivity index (χ1) is 11.2. The van der Waals surface area contributed by atoms with E-state index in [2.05, 4.69) is 30.3 Å². The molecule has 1 saturated carbocycles. The Morgan fingerprint density at radius 3 is 2.50 bits per heavy atom. The molecule has 2 rings (SSSR count). The van der Waals surface area contributed by atoms with Crippen LogP contribution in [-0.4, -0.2) is 52.6 Å². The third-order valence-electron chi connectivity index (χ3n) is 4.73. The lowest BCUT2D eigenvalue weighted by Gasteiger charge is -2.36. The lowest BCUT2D eigenvalue weighted by molar-refractivity contribution is 0.0599. The van der Waals surface area contributed by atoms with E-state index in [0.29, 0.717) is 11.0 Å². The molecule has 1 aromatic carbocycles. The fourth-order valence-corrected chi connectivity index (χ4v) is 4.62. The quantitative estimate of drug-likeness (QED) is 0.717. The molecule has 0 spiro atoms. The molecule has 0 aliphatic heterocycles. The highest BCUT2D eigenvalue weighted by Crippen LogP contribution is 2.33. The number of rotatable bonds is 6. The minimum Gasteiger partial charge on any atom is -0.465 e. The van der Waals surface area contributed by atoms with Gasteiger partial charge in [0.05, 0.1) is 17.6 Å². The maximum Gasteiger partial charge on any atom is 0.339 e. The first-order valence-electron chi connectivity index (χ1n) is 7.77. The molecule has 8 heteroatoms. The number of carbonyl (C=O) groups excluding carboxylic acids is 1. The molecule has 1 aromatic rings. The molecule has 0 radical (unpaired) electrons. The van der Waals surface area contributed by atoms with Gasteiger partial charge in [0.25, 0.3) is 0 Å². The smallest absolute Gasteiger partial charge is 0.339 e. The number of sulfonamides is 1. The lowest BCUT2D eigenvalue weighted by Crippen LogP contribution is -2.50. The molecule has 0 aromatic heterocycles. The predicted molar refractivity (Wildman–Crippen MR) is 95.6 cm³/mol. The maximum absolute atomic E-state index is 12.6. The highest BCUT2D eigenvalue weighted by atomic mass is 79.9. The van der Waals surface area contributed by atoms with E-state index < -0.39 is 16.0 Å². The number of methoxy groups -OCH3 is 1. The molecule has 0 atom stereocenters. The van der Waals surface area contributed by atoms with E-state index >= 15 is 0 Å². The number of halogens is 1. The number of hydrogen-bond acceptors (Lipinski definition) is 5. The summed E-state index contributed by atoms with van der Waals surface area (Å²) >= 11 is 3.24. The first kappa shape index (κ1) is 19.4. The van der Waals surface area contributed by atoms with Gasteiger partial charge in [-0.2, -0.15) is 0 Å². The van der Waals surface area contributed by atoms with E-state index in [1.54, 1.807) is 0 Å². The van der Waals surface area contributed by atoms with Gasteiger partial charge in [0, 0.05) is 16.6 Å². The molecular weight excluding hydrogens is 396 g/mol. The topological polar surface area (TPSA) is 75.7 Å². The number of benzene rings is 1. The monoisotopic (exact) mass is 418 g/mol. The highest BCUT2D eigenvalue weighted by Gasteiger charge is 2.37. The summed E-state index contributed by atoms with van der Waals surface area (Å²) < 4.78 is 33.1. The van der Waals surface area contributed by atoms with Gasteiger partial charge in [0.2, 0.25) is 10.0 Å². The summed E-state index contributed by atoms with van der Waals surface area (Å²) in [5.41, 5.74) is 0.0386. The number of nitrogens with one attached hydrogen (secondary N) is 1. The van der Waals surface area contributed by atoms with E-state index in [1.165, 1.54) is 25.3 Å². The molecular formula is C16H23BrN2O4S. The van der Waals surface area contributed by atoms with Gasteiger partial charge >= 0.3 is 5.97 Å². The van der Waals surface area contributed by atoms with Gasteiger partial charge in [-0.15, -0.1) is 0 Å². The van der Waals surface area contributed by atoms with Crippen LogP contribution < -0.4 is 4.72 Å².